The van der Waals surface area contributed by atoms with Crippen LogP contribution in [0.3, 0.4) is 0 Å². The second-order valence-electron chi connectivity index (χ2n) is 26.6. The maximum absolute atomic E-state index is 9.20. The van der Waals surface area contributed by atoms with Gasteiger partial charge in [0.25, 0.3) is 0 Å². The third-order valence-corrected chi connectivity index (χ3v) is 19.6. The quantitative estimate of drug-likeness (QED) is 0.109. The van der Waals surface area contributed by atoms with Crippen molar-refractivity contribution in [1.82, 2.24) is 39.9 Å². The first-order valence-corrected chi connectivity index (χ1v) is 35.6. The summed E-state index contributed by atoms with van der Waals surface area (Å²) in [6.45, 7) is 8.04. The normalized spacial score (nSPS) is 12.2. The van der Waals surface area contributed by atoms with Crippen molar-refractivity contribution < 1.29 is 0 Å². The van der Waals surface area contributed by atoms with Crippen molar-refractivity contribution in [3.05, 3.63) is 384 Å². The first-order valence-electron chi connectivity index (χ1n) is 35.6. The van der Waals surface area contributed by atoms with E-state index in [2.05, 4.69) is 205 Å². The van der Waals surface area contributed by atoms with E-state index in [1.165, 1.54) is 38.6 Å². The van der Waals surface area contributed by atoms with Gasteiger partial charge in [-0.05, 0) is 171 Å². The fraction of sp³-hybridized carbons (Fsp3) is 0.0515. The van der Waals surface area contributed by atoms with Gasteiger partial charge < -0.3 is 0 Å². The third-order valence-electron chi connectivity index (χ3n) is 19.6. The maximum atomic E-state index is 9.20. The standard InChI is InChI=1S/C52H37N5.C45H31N5/c1-34-16-29-45(35(2)54-34)48-14-8-9-15-49(48)52-56-50(41-10-4-3-5-11-41)55-51(57-52)42-27-25-40(26-28-42)47-31-30-46(43-12-6-7-13-44(47)32-43)39-23-21-38(22-24-39)37-19-17-36(33-53)18-20-37;1-29-12-25-38(30(2)47-29)45-49-43(36-8-4-3-5-9-36)48-44(50-45)37-23-21-35(22-24-37)40-27-26-39(41-10-6-7-11-42(40)41)34-19-17-33(18-20-34)32-15-13-31(28-46)14-16-32/h3-31H,32H2,1-2H3;3-27H,1-2H3. The molecule has 506 valence electrons. The molecule has 15 aromatic rings. The van der Waals surface area contributed by atoms with E-state index in [0.717, 1.165) is 124 Å². The predicted molar refractivity (Wildman–Crippen MR) is 433 cm³/mol. The van der Waals surface area contributed by atoms with E-state index in [-0.39, 0.29) is 0 Å². The summed E-state index contributed by atoms with van der Waals surface area (Å²) in [6, 6.07) is 104. The average molecular weight is 1370 g/mol. The lowest BCUT2D eigenvalue weighted by Crippen LogP contribution is -2.02. The maximum Gasteiger partial charge on any atom is 0.165 e. The molecule has 0 aliphatic heterocycles. The summed E-state index contributed by atoms with van der Waals surface area (Å²) in [5, 5.41) is 20.7. The molecule has 2 aliphatic rings. The molecular weight excluding hydrogens is 1310 g/mol. The molecule has 0 saturated heterocycles. The van der Waals surface area contributed by atoms with Crippen molar-refractivity contribution >= 4 is 21.9 Å². The Morgan fingerprint density at radius 1 is 0.234 bits per heavy atom. The molecule has 10 nitrogen and oxygen atoms in total. The van der Waals surface area contributed by atoms with Gasteiger partial charge in [0, 0.05) is 61.7 Å². The van der Waals surface area contributed by atoms with Crippen LogP contribution in [-0.4, -0.2) is 39.9 Å². The van der Waals surface area contributed by atoms with Crippen LogP contribution in [0.2, 0.25) is 0 Å². The van der Waals surface area contributed by atoms with E-state index in [9.17, 15) is 5.26 Å². The highest BCUT2D eigenvalue weighted by molar-refractivity contribution is 6.05. The van der Waals surface area contributed by atoms with Gasteiger partial charge in [0.1, 0.15) is 0 Å². The van der Waals surface area contributed by atoms with Crippen LogP contribution in [0.15, 0.2) is 339 Å². The minimum atomic E-state index is 0.606. The van der Waals surface area contributed by atoms with Crippen molar-refractivity contribution in [2.24, 2.45) is 0 Å². The number of benzene rings is 11. The van der Waals surface area contributed by atoms with E-state index in [1.54, 1.807) is 0 Å². The number of hydrogen-bond acceptors (Lipinski definition) is 10. The summed E-state index contributed by atoms with van der Waals surface area (Å²) in [4.78, 5) is 39.4. The molecular formula is C97H68N10. The molecule has 0 N–H and O–H groups in total. The molecule has 0 spiro atoms. The van der Waals surface area contributed by atoms with Gasteiger partial charge >= 0.3 is 0 Å². The van der Waals surface area contributed by atoms with Gasteiger partial charge in [-0.2, -0.15) is 10.5 Å². The number of fused-ring (bicyclic) bond motifs is 3. The van der Waals surface area contributed by atoms with Crippen molar-refractivity contribution in [2.75, 3.05) is 0 Å². The van der Waals surface area contributed by atoms with E-state index in [0.29, 0.717) is 46.1 Å². The SMILES string of the molecule is Cc1ccc(-c2ccccc2-c2nc(-c3ccccc3)nc(-c3ccc(C4=CC=C(c5ccc(-c6ccc(C#N)cc6)cc5)C5=CC=CC=C4C5)cc3)n2)c(C)n1.Cc1ccc(-c2nc(-c3ccccc3)nc(-c3ccc(-c4ccc(-c5ccc(-c6ccc(C#N)cc6)cc5)c5ccccc45)cc3)n2)c(C)n1. The van der Waals surface area contributed by atoms with Crippen LogP contribution in [-0.2, 0) is 0 Å². The number of nitrogens with zero attached hydrogens (tertiary/aromatic N) is 10. The first-order chi connectivity index (χ1) is 52.5. The van der Waals surface area contributed by atoms with Crippen LogP contribution in [0.4, 0.5) is 0 Å². The van der Waals surface area contributed by atoms with Crippen LogP contribution >= 0.6 is 0 Å². The van der Waals surface area contributed by atoms with Gasteiger partial charge in [0.05, 0.1) is 23.3 Å². The highest BCUT2D eigenvalue weighted by Gasteiger charge is 2.22. The molecule has 4 heterocycles. The second kappa shape index (κ2) is 29.9. The van der Waals surface area contributed by atoms with E-state index in [1.807, 2.05) is 167 Å². The fourth-order valence-corrected chi connectivity index (χ4v) is 14.0. The van der Waals surface area contributed by atoms with E-state index in [4.69, 9.17) is 40.1 Å². The van der Waals surface area contributed by atoms with Crippen LogP contribution in [0.25, 0.3) is 146 Å². The Balaban J connectivity index is 0.000000165. The number of aromatic nitrogens is 8. The summed E-state index contributed by atoms with van der Waals surface area (Å²) >= 11 is 0. The Morgan fingerprint density at radius 3 is 0.944 bits per heavy atom. The highest BCUT2D eigenvalue weighted by atomic mass is 15.0. The number of nitriles is 2. The molecule has 0 saturated carbocycles. The van der Waals surface area contributed by atoms with E-state index >= 15 is 0 Å². The zero-order chi connectivity index (χ0) is 72.7. The fourth-order valence-electron chi connectivity index (χ4n) is 14.0. The van der Waals surface area contributed by atoms with Crippen molar-refractivity contribution in [1.29, 1.82) is 10.5 Å². The van der Waals surface area contributed by atoms with Gasteiger partial charge in [-0.25, -0.2) is 29.9 Å². The van der Waals surface area contributed by atoms with Gasteiger partial charge in [-0.3, -0.25) is 9.97 Å². The third kappa shape index (κ3) is 14.3. The van der Waals surface area contributed by atoms with Crippen LogP contribution < -0.4 is 0 Å². The number of aryl methyl sites for hydroxylation is 4. The molecule has 0 amide bonds. The Labute approximate surface area is 622 Å². The lowest BCUT2D eigenvalue weighted by atomic mass is 9.90. The Bertz CT molecular complexity index is 6140. The number of pyridine rings is 2. The molecule has 0 fully saturated rings. The van der Waals surface area contributed by atoms with Gasteiger partial charge in [-0.1, -0.05) is 285 Å². The smallest absolute Gasteiger partial charge is 0.165 e. The minimum absolute atomic E-state index is 0.606. The van der Waals surface area contributed by atoms with Gasteiger partial charge in [0.15, 0.2) is 34.9 Å². The van der Waals surface area contributed by atoms with Crippen molar-refractivity contribution in [3.8, 4) is 136 Å². The average Bonchev–Trinajstić information content (AvgIpc) is 1.71. The molecule has 10 heteroatoms. The lowest BCUT2D eigenvalue weighted by Gasteiger charge is -2.14. The molecule has 0 radical (unpaired) electrons. The van der Waals surface area contributed by atoms with Gasteiger partial charge in [-0.15, -0.1) is 0 Å². The molecule has 0 unspecified atom stereocenters. The van der Waals surface area contributed by atoms with Crippen LogP contribution in [0.5, 0.6) is 0 Å². The Hall–Kier alpha value is -14.3. The highest BCUT2D eigenvalue weighted by Crippen LogP contribution is 2.42. The summed E-state index contributed by atoms with van der Waals surface area (Å²) in [5.74, 6) is 3.70. The zero-order valence-electron chi connectivity index (χ0n) is 59.4. The summed E-state index contributed by atoms with van der Waals surface area (Å²) in [5.41, 5.74) is 28.9. The Kier molecular flexibility index (Phi) is 18.8. The minimum Gasteiger partial charge on any atom is -0.258 e. The number of rotatable bonds is 13. The summed E-state index contributed by atoms with van der Waals surface area (Å²) in [6.07, 6.45) is 14.0. The number of allylic oxidation sites excluding steroid dienone is 10. The van der Waals surface area contributed by atoms with E-state index < -0.39 is 0 Å². The molecule has 2 aliphatic carbocycles. The summed E-state index contributed by atoms with van der Waals surface area (Å²) < 4.78 is 0. The van der Waals surface area contributed by atoms with Crippen molar-refractivity contribution in [3.63, 3.8) is 0 Å². The molecule has 107 heavy (non-hydrogen) atoms. The molecule has 17 rings (SSSR count). The Morgan fingerprint density at radius 2 is 0.542 bits per heavy atom. The zero-order valence-corrected chi connectivity index (χ0v) is 59.4. The van der Waals surface area contributed by atoms with Crippen LogP contribution in [0.1, 0.15) is 51.5 Å². The molecule has 2 bridgehead atoms. The predicted octanol–water partition coefficient (Wildman–Crippen LogP) is 23.3. The largest absolute Gasteiger partial charge is 0.258 e. The summed E-state index contributed by atoms with van der Waals surface area (Å²) in [7, 11) is 0. The van der Waals surface area contributed by atoms with Gasteiger partial charge in [0.2, 0.25) is 0 Å². The molecule has 4 aromatic heterocycles. The number of hydrogen-bond donors (Lipinski definition) is 0. The monoisotopic (exact) mass is 1370 g/mol. The van der Waals surface area contributed by atoms with Crippen LogP contribution in [0, 0.1) is 50.4 Å². The topological polar surface area (TPSA) is 151 Å². The lowest BCUT2D eigenvalue weighted by molar-refractivity contribution is 1.05. The van der Waals surface area contributed by atoms with Crippen molar-refractivity contribution in [2.45, 2.75) is 34.1 Å². The molecule has 11 aromatic carbocycles. The first kappa shape index (κ1) is 67.2. The second-order valence-corrected chi connectivity index (χ2v) is 26.6. The molecule has 0 atom stereocenters.